The van der Waals surface area contributed by atoms with E-state index in [2.05, 4.69) is 220 Å². The average Bonchev–Trinajstić information content (AvgIpc) is 1.69. The molecule has 0 bridgehead atoms. The van der Waals surface area contributed by atoms with Crippen LogP contribution in [0.4, 0.5) is 80.5 Å². The van der Waals surface area contributed by atoms with E-state index < -0.39 is 5.60 Å². The molecule has 0 spiro atoms. The summed E-state index contributed by atoms with van der Waals surface area (Å²) in [5.74, 6) is 7.53. The lowest BCUT2D eigenvalue weighted by Gasteiger charge is -2.37. The number of ether oxygens (including phenoxy) is 2. The molecular weight excluding hydrogens is 1620 g/mol. The van der Waals surface area contributed by atoms with Crippen LogP contribution in [0.5, 0.6) is 11.5 Å². The molecule has 652 valence electrons. The summed E-state index contributed by atoms with van der Waals surface area (Å²) in [4.78, 5) is 65.1. The van der Waals surface area contributed by atoms with Gasteiger partial charge >= 0.3 is 0 Å². The Balaban J connectivity index is 0.000000108. The lowest BCUT2D eigenvalue weighted by molar-refractivity contribution is 0.0351. The van der Waals surface area contributed by atoms with Crippen LogP contribution in [0, 0.1) is 0 Å². The second-order valence-electron chi connectivity index (χ2n) is 33.5. The second-order valence-corrected chi connectivity index (χ2v) is 33.5. The summed E-state index contributed by atoms with van der Waals surface area (Å²) in [6, 6.07) is 47.7. The van der Waals surface area contributed by atoms with Gasteiger partial charge in [-0.2, -0.15) is 0 Å². The summed E-state index contributed by atoms with van der Waals surface area (Å²) >= 11 is 0. The molecule has 0 atom stereocenters. The van der Waals surface area contributed by atoms with Crippen molar-refractivity contribution in [3.63, 3.8) is 0 Å². The fraction of sp³-hybridized carbons (Fsp3) is 0.265. The predicted octanol–water partition coefficient (Wildman–Crippen LogP) is 17.9. The number of nitrogens with zero attached hydrogens (tertiary/aromatic N) is 22. The zero-order valence-corrected chi connectivity index (χ0v) is 72.8. The van der Waals surface area contributed by atoms with Gasteiger partial charge in [-0.3, -0.25) is 0 Å². The number of imidazole rings is 5. The highest BCUT2D eigenvalue weighted by molar-refractivity contribution is 5.87. The molecule has 5 aliphatic rings. The van der Waals surface area contributed by atoms with Crippen molar-refractivity contribution in [1.29, 1.82) is 0 Å². The molecule has 13 aromatic heterocycles. The van der Waals surface area contributed by atoms with E-state index in [1.165, 1.54) is 49.4 Å². The number of piperidine rings is 3. The van der Waals surface area contributed by atoms with Gasteiger partial charge < -0.3 is 92.8 Å². The summed E-state index contributed by atoms with van der Waals surface area (Å²) in [5.41, 5.74) is 20.1. The summed E-state index contributed by atoms with van der Waals surface area (Å²) in [6.07, 6.45) is 42.6. The van der Waals surface area contributed by atoms with Gasteiger partial charge in [0.05, 0.1) is 92.8 Å². The standard InChI is InChI=1S/C26H28N6O2.C25H25N7.C24H24N8.C23H25N7O/c1-26(33)8-12-31(13-9-26)20-5-3-19(4-6-20)29-24-25-28-10-14-32(25)17-22(30-24)18-2-7-23-21(16-18)27-11-15-34-23;1-30-13-9-19-15-18(5-7-22(19)30)21-17-32-14-10-26-25(32)24(29-21)28-20-6-8-23(27-16-20)31-11-3-2-4-12-31;1-30-16-27-19-7-5-17(13-21(19)30)20-15-32-12-9-25-24(32)23(29-20)28-18-6-8-22(26-14-18)31-10-3-2-4-11-31;1-3-10-29(2)21-7-5-17(14-26-21)27-22-23-25-8-11-30(23)15-19(28-22)16-4-6-18-20(13-16)31-12-9-24-18/h2-7,10,14,16-17,27,33H,8-9,11-13,15H2,1H3,(H,29,30);5-10,13-17H,2-4,11-12H2,1H3,(H,28,29);5-9,12-16H,2-4,10-11H2,1H3,(H,28,29);4-8,11,13-15,24H,3,9-10,12H2,1-2H3,(H,27,28). The Hall–Kier alpha value is -15.4. The average molecular weight is 1720 g/mol. The molecule has 31 heteroatoms. The number of pyridine rings is 3. The first-order valence-corrected chi connectivity index (χ1v) is 44.3. The topological polar surface area (TPSA) is 306 Å². The maximum Gasteiger partial charge on any atom is 0.180 e. The van der Waals surface area contributed by atoms with E-state index in [0.717, 1.165) is 226 Å². The minimum absolute atomic E-state index is 0.550. The van der Waals surface area contributed by atoms with E-state index >= 15 is 0 Å². The molecule has 18 aromatic rings. The monoisotopic (exact) mass is 1720 g/mol. The summed E-state index contributed by atoms with van der Waals surface area (Å²) < 4.78 is 23.6. The zero-order chi connectivity index (χ0) is 87.3. The lowest BCUT2D eigenvalue weighted by atomic mass is 9.93. The number of nitrogens with one attached hydrogen (secondary N) is 6. The molecular formula is C98H102N28O3. The molecule has 129 heavy (non-hydrogen) atoms. The highest BCUT2D eigenvalue weighted by atomic mass is 16.5. The van der Waals surface area contributed by atoms with Gasteiger partial charge in [0.1, 0.15) is 42.2 Å². The maximum absolute atomic E-state index is 10.2. The predicted molar refractivity (Wildman–Crippen MR) is 512 cm³/mol. The Morgan fingerprint density at radius 1 is 0.426 bits per heavy atom. The largest absolute Gasteiger partial charge is 0.490 e. The van der Waals surface area contributed by atoms with Gasteiger partial charge in [0.2, 0.25) is 0 Å². The molecule has 18 heterocycles. The van der Waals surface area contributed by atoms with Crippen LogP contribution in [0.2, 0.25) is 0 Å². The van der Waals surface area contributed by atoms with Crippen molar-refractivity contribution < 1.29 is 14.6 Å². The number of aliphatic hydroxyl groups is 1. The summed E-state index contributed by atoms with van der Waals surface area (Å²) in [7, 11) is 6.11. The lowest BCUT2D eigenvalue weighted by Crippen LogP contribution is -2.42. The molecule has 0 aliphatic carbocycles. The van der Waals surface area contributed by atoms with Gasteiger partial charge in [0, 0.05) is 205 Å². The molecule has 0 radical (unpaired) electrons. The number of anilines is 14. The van der Waals surface area contributed by atoms with E-state index in [1.54, 1.807) is 24.8 Å². The van der Waals surface area contributed by atoms with Crippen LogP contribution < -0.4 is 61.0 Å². The van der Waals surface area contributed by atoms with Crippen LogP contribution >= 0.6 is 0 Å². The molecule has 3 fully saturated rings. The van der Waals surface area contributed by atoms with Gasteiger partial charge in [0.15, 0.2) is 45.9 Å². The Morgan fingerprint density at radius 2 is 0.899 bits per heavy atom. The third-order valence-electron chi connectivity index (χ3n) is 24.3. The van der Waals surface area contributed by atoms with Crippen LogP contribution in [-0.4, -0.2) is 176 Å². The van der Waals surface area contributed by atoms with E-state index in [9.17, 15) is 5.11 Å². The smallest absolute Gasteiger partial charge is 0.180 e. The third kappa shape index (κ3) is 18.1. The number of aryl methyl sites for hydroxylation is 2. The van der Waals surface area contributed by atoms with E-state index in [1.807, 2.05) is 153 Å². The maximum atomic E-state index is 10.2. The highest BCUT2D eigenvalue weighted by Crippen LogP contribution is 2.39. The first-order valence-electron chi connectivity index (χ1n) is 44.3. The highest BCUT2D eigenvalue weighted by Gasteiger charge is 2.28. The van der Waals surface area contributed by atoms with Crippen molar-refractivity contribution in [2.45, 2.75) is 77.2 Å². The Kier molecular flexibility index (Phi) is 23.0. The number of benzene rings is 5. The number of aromatic nitrogens is 18. The molecule has 0 amide bonds. The Bertz CT molecular complexity index is 6980. The SMILES string of the molecule is CC1(O)CCN(c2ccc(Nc3nc(-c4ccc5c(c4)NCCO5)cn4ccnc34)cc2)CC1.CCCN(C)c1ccc(Nc2nc(-c3ccc4c(c3)OCCN4)cn3ccnc23)cn1.Cn1ccc2cc(-c3cn4ccnc4c(Nc4ccc(N5CCCCC5)nc4)n3)ccc21.Cn1cnc2ccc(-c3cn4ccnc4c(Nc4ccc(N5CCCCC5)nc4)n3)cc21. The molecule has 23 rings (SSSR count). The van der Waals surface area contributed by atoms with Crippen LogP contribution in [0.3, 0.4) is 0 Å². The number of hydrogen-bond donors (Lipinski definition) is 7. The fourth-order valence-corrected chi connectivity index (χ4v) is 17.2. The van der Waals surface area contributed by atoms with Crippen molar-refractivity contribution in [3.05, 3.63) is 245 Å². The van der Waals surface area contributed by atoms with Crippen LogP contribution in [0.25, 0.3) is 89.6 Å². The zero-order valence-electron chi connectivity index (χ0n) is 72.8. The van der Waals surface area contributed by atoms with Crippen molar-refractivity contribution in [1.82, 2.24) is 86.5 Å². The molecule has 0 unspecified atom stereocenters. The van der Waals surface area contributed by atoms with Gasteiger partial charge in [-0.15, -0.1) is 0 Å². The molecule has 3 saturated heterocycles. The fourth-order valence-electron chi connectivity index (χ4n) is 17.2. The van der Waals surface area contributed by atoms with Gasteiger partial charge in [-0.25, -0.2) is 59.8 Å². The van der Waals surface area contributed by atoms with E-state index in [0.29, 0.717) is 36.5 Å². The van der Waals surface area contributed by atoms with E-state index in [4.69, 9.17) is 29.4 Å². The van der Waals surface area contributed by atoms with Crippen molar-refractivity contribution in [2.75, 3.05) is 131 Å². The first-order chi connectivity index (χ1) is 63.2. The van der Waals surface area contributed by atoms with Crippen LogP contribution in [0.1, 0.15) is 71.6 Å². The number of rotatable bonds is 18. The second kappa shape index (κ2) is 36.3. The normalized spacial score (nSPS) is 14.7. The number of hydrogen-bond acceptors (Lipinski definition) is 25. The Labute approximate surface area is 745 Å². The van der Waals surface area contributed by atoms with Crippen LogP contribution in [-0.2, 0) is 14.1 Å². The minimum Gasteiger partial charge on any atom is -0.490 e. The third-order valence-corrected chi connectivity index (χ3v) is 24.3. The molecule has 5 aromatic carbocycles. The quantitative estimate of drug-likeness (QED) is 0.0420. The van der Waals surface area contributed by atoms with Crippen molar-refractivity contribution >= 4 is 125 Å². The first kappa shape index (κ1) is 81.9. The van der Waals surface area contributed by atoms with Crippen LogP contribution in [0.15, 0.2) is 245 Å². The van der Waals surface area contributed by atoms with Gasteiger partial charge in [-0.1, -0.05) is 25.1 Å². The van der Waals surface area contributed by atoms with Gasteiger partial charge in [-0.05, 0) is 186 Å². The molecule has 7 N–H and O–H groups in total. The molecule has 31 nitrogen and oxygen atoms in total. The molecule has 5 aliphatic heterocycles. The number of fused-ring (bicyclic) bond motifs is 8. The van der Waals surface area contributed by atoms with E-state index in [-0.39, 0.29) is 0 Å². The minimum atomic E-state index is -0.550. The summed E-state index contributed by atoms with van der Waals surface area (Å²) in [6.45, 7) is 14.1. The molecule has 0 saturated carbocycles. The van der Waals surface area contributed by atoms with Crippen molar-refractivity contribution in [2.24, 2.45) is 14.1 Å². The van der Waals surface area contributed by atoms with Gasteiger partial charge in [0.25, 0.3) is 0 Å². The van der Waals surface area contributed by atoms with Crippen molar-refractivity contribution in [3.8, 4) is 56.5 Å². The Morgan fingerprint density at radius 3 is 1.43 bits per heavy atom. The summed E-state index contributed by atoms with van der Waals surface area (Å²) in [5, 5.41) is 31.9.